The molecular formula is C15H21NO4. The lowest BCUT2D eigenvalue weighted by atomic mass is 9.99. The maximum atomic E-state index is 10.6. The van der Waals surface area contributed by atoms with Gasteiger partial charge >= 0.3 is 0 Å². The number of nitro groups is 1. The minimum atomic E-state index is -0.416. The summed E-state index contributed by atoms with van der Waals surface area (Å²) in [6.45, 7) is 0.836. The van der Waals surface area contributed by atoms with Crippen molar-refractivity contribution in [3.8, 4) is 0 Å². The molecule has 2 atom stereocenters. The molecule has 0 saturated carbocycles. The van der Waals surface area contributed by atoms with E-state index < -0.39 is 11.0 Å². The summed E-state index contributed by atoms with van der Waals surface area (Å²) in [7, 11) is 0. The monoisotopic (exact) mass is 279 g/mol. The van der Waals surface area contributed by atoms with Crippen LogP contribution in [0.4, 0.5) is 5.69 Å². The predicted octanol–water partition coefficient (Wildman–Crippen LogP) is 2.85. The van der Waals surface area contributed by atoms with Gasteiger partial charge in [0.2, 0.25) is 0 Å². The van der Waals surface area contributed by atoms with Crippen LogP contribution in [-0.2, 0) is 11.2 Å². The summed E-state index contributed by atoms with van der Waals surface area (Å²) < 4.78 is 5.63. The van der Waals surface area contributed by atoms with Crippen LogP contribution >= 0.6 is 0 Å². The average molecular weight is 279 g/mol. The van der Waals surface area contributed by atoms with E-state index in [1.807, 2.05) is 0 Å². The SMILES string of the molecule is O=[N+]([O-])c1ccc(CC(O)CCC2CCCCO2)cc1. The van der Waals surface area contributed by atoms with Gasteiger partial charge in [-0.25, -0.2) is 0 Å². The van der Waals surface area contributed by atoms with Crippen molar-refractivity contribution in [2.75, 3.05) is 6.61 Å². The number of aliphatic hydroxyl groups is 1. The fraction of sp³-hybridized carbons (Fsp3) is 0.600. The van der Waals surface area contributed by atoms with Crippen molar-refractivity contribution < 1.29 is 14.8 Å². The highest BCUT2D eigenvalue weighted by Crippen LogP contribution is 2.19. The molecule has 110 valence electrons. The van der Waals surface area contributed by atoms with E-state index in [1.54, 1.807) is 12.1 Å². The van der Waals surface area contributed by atoms with Crippen molar-refractivity contribution in [3.63, 3.8) is 0 Å². The van der Waals surface area contributed by atoms with Crippen LogP contribution in [0.15, 0.2) is 24.3 Å². The topological polar surface area (TPSA) is 72.6 Å². The molecule has 20 heavy (non-hydrogen) atoms. The van der Waals surface area contributed by atoms with E-state index in [-0.39, 0.29) is 11.8 Å². The van der Waals surface area contributed by atoms with Gasteiger partial charge in [0.25, 0.3) is 5.69 Å². The standard InChI is InChI=1S/C15H21NO4/c17-14(8-9-15-3-1-2-10-20-15)11-12-4-6-13(7-5-12)16(18)19/h4-7,14-15,17H,1-3,8-11H2. The number of benzene rings is 1. The van der Waals surface area contributed by atoms with Crippen LogP contribution in [0.5, 0.6) is 0 Å². The van der Waals surface area contributed by atoms with Gasteiger partial charge in [-0.05, 0) is 44.1 Å². The highest BCUT2D eigenvalue weighted by molar-refractivity contribution is 5.33. The van der Waals surface area contributed by atoms with Gasteiger partial charge in [-0.1, -0.05) is 12.1 Å². The van der Waals surface area contributed by atoms with Gasteiger partial charge in [-0.2, -0.15) is 0 Å². The predicted molar refractivity (Wildman–Crippen MR) is 75.6 cm³/mol. The lowest BCUT2D eigenvalue weighted by molar-refractivity contribution is -0.384. The van der Waals surface area contributed by atoms with Crippen molar-refractivity contribution in [3.05, 3.63) is 39.9 Å². The zero-order valence-electron chi connectivity index (χ0n) is 11.5. The number of ether oxygens (including phenoxy) is 1. The highest BCUT2D eigenvalue weighted by atomic mass is 16.6. The Morgan fingerprint density at radius 1 is 1.35 bits per heavy atom. The third kappa shape index (κ3) is 4.58. The maximum Gasteiger partial charge on any atom is 0.269 e. The second-order valence-electron chi connectivity index (χ2n) is 5.35. The zero-order chi connectivity index (χ0) is 14.4. The Bertz CT molecular complexity index is 426. The molecule has 5 nitrogen and oxygen atoms in total. The van der Waals surface area contributed by atoms with Crippen LogP contribution in [0.2, 0.25) is 0 Å². The fourth-order valence-corrected chi connectivity index (χ4v) is 2.54. The van der Waals surface area contributed by atoms with Crippen molar-refractivity contribution >= 4 is 5.69 Å². The molecule has 5 heteroatoms. The van der Waals surface area contributed by atoms with E-state index in [0.717, 1.165) is 31.4 Å². The summed E-state index contributed by atoms with van der Waals surface area (Å²) in [6, 6.07) is 6.37. The Kier molecular flexibility index (Phi) is 5.49. The summed E-state index contributed by atoms with van der Waals surface area (Å²) in [4.78, 5) is 10.1. The first kappa shape index (κ1) is 14.9. The summed E-state index contributed by atoms with van der Waals surface area (Å²) in [5, 5.41) is 20.6. The molecule has 1 aliphatic heterocycles. The normalized spacial score (nSPS) is 20.6. The van der Waals surface area contributed by atoms with Gasteiger partial charge in [0.15, 0.2) is 0 Å². The number of nitrogens with zero attached hydrogens (tertiary/aromatic N) is 1. The summed E-state index contributed by atoms with van der Waals surface area (Å²) in [6.07, 6.45) is 5.44. The quantitative estimate of drug-likeness (QED) is 0.642. The summed E-state index contributed by atoms with van der Waals surface area (Å²) in [5.41, 5.74) is 1.01. The second-order valence-corrected chi connectivity index (χ2v) is 5.35. The minimum Gasteiger partial charge on any atom is -0.393 e. The number of nitro benzene ring substituents is 1. The molecule has 1 N–H and O–H groups in total. The molecule has 1 heterocycles. The van der Waals surface area contributed by atoms with E-state index in [9.17, 15) is 15.2 Å². The van der Waals surface area contributed by atoms with Crippen molar-refractivity contribution in [2.45, 2.75) is 50.7 Å². The highest BCUT2D eigenvalue weighted by Gasteiger charge is 2.16. The van der Waals surface area contributed by atoms with Gasteiger partial charge in [-0.3, -0.25) is 10.1 Å². The van der Waals surface area contributed by atoms with Crippen molar-refractivity contribution in [1.29, 1.82) is 0 Å². The zero-order valence-corrected chi connectivity index (χ0v) is 11.5. The van der Waals surface area contributed by atoms with Crippen LogP contribution in [0.25, 0.3) is 0 Å². The number of hydrogen-bond acceptors (Lipinski definition) is 4. The van der Waals surface area contributed by atoms with E-state index in [0.29, 0.717) is 12.8 Å². The maximum absolute atomic E-state index is 10.6. The first-order chi connectivity index (χ1) is 9.65. The van der Waals surface area contributed by atoms with E-state index >= 15 is 0 Å². The average Bonchev–Trinajstić information content (AvgIpc) is 2.47. The van der Waals surface area contributed by atoms with Crippen LogP contribution < -0.4 is 0 Å². The Morgan fingerprint density at radius 3 is 2.70 bits per heavy atom. The molecule has 0 aliphatic carbocycles. The van der Waals surface area contributed by atoms with Crippen LogP contribution in [0.3, 0.4) is 0 Å². The van der Waals surface area contributed by atoms with E-state index in [4.69, 9.17) is 4.74 Å². The third-order valence-corrected chi connectivity index (χ3v) is 3.71. The molecule has 1 aliphatic rings. The molecule has 1 fully saturated rings. The summed E-state index contributed by atoms with van der Waals surface area (Å²) >= 11 is 0. The largest absolute Gasteiger partial charge is 0.393 e. The second kappa shape index (κ2) is 7.36. The molecule has 1 aromatic carbocycles. The van der Waals surface area contributed by atoms with Crippen molar-refractivity contribution in [2.24, 2.45) is 0 Å². The molecule has 1 saturated heterocycles. The Hall–Kier alpha value is -1.46. The number of aliphatic hydroxyl groups excluding tert-OH is 1. The minimum absolute atomic E-state index is 0.0823. The molecule has 0 radical (unpaired) electrons. The number of rotatable bonds is 6. The van der Waals surface area contributed by atoms with Crippen LogP contribution in [0.1, 0.15) is 37.7 Å². The Morgan fingerprint density at radius 2 is 2.10 bits per heavy atom. The molecule has 0 spiro atoms. The molecule has 2 unspecified atom stereocenters. The van der Waals surface area contributed by atoms with Crippen LogP contribution in [0, 0.1) is 10.1 Å². The molecular weight excluding hydrogens is 258 g/mol. The molecule has 0 bridgehead atoms. The van der Waals surface area contributed by atoms with Gasteiger partial charge in [0.1, 0.15) is 0 Å². The van der Waals surface area contributed by atoms with Gasteiger partial charge in [0.05, 0.1) is 17.1 Å². The molecule has 1 aromatic rings. The lowest BCUT2D eigenvalue weighted by Gasteiger charge is -2.23. The van der Waals surface area contributed by atoms with Crippen LogP contribution in [-0.4, -0.2) is 28.8 Å². The smallest absolute Gasteiger partial charge is 0.269 e. The molecule has 0 amide bonds. The van der Waals surface area contributed by atoms with Gasteiger partial charge in [0, 0.05) is 18.7 Å². The first-order valence-electron chi connectivity index (χ1n) is 7.18. The fourth-order valence-electron chi connectivity index (χ4n) is 2.54. The summed E-state index contributed by atoms with van der Waals surface area (Å²) in [5.74, 6) is 0. The first-order valence-corrected chi connectivity index (χ1v) is 7.18. The van der Waals surface area contributed by atoms with Crippen molar-refractivity contribution in [1.82, 2.24) is 0 Å². The number of non-ortho nitro benzene ring substituents is 1. The Balaban J connectivity index is 1.75. The number of hydrogen-bond donors (Lipinski definition) is 1. The van der Waals surface area contributed by atoms with Gasteiger partial charge in [-0.15, -0.1) is 0 Å². The molecule has 0 aromatic heterocycles. The molecule has 2 rings (SSSR count). The van der Waals surface area contributed by atoms with E-state index in [2.05, 4.69) is 0 Å². The van der Waals surface area contributed by atoms with Gasteiger partial charge < -0.3 is 9.84 Å². The third-order valence-electron chi connectivity index (χ3n) is 3.71. The van der Waals surface area contributed by atoms with E-state index in [1.165, 1.54) is 18.6 Å². The Labute approximate surface area is 118 Å². The lowest BCUT2D eigenvalue weighted by Crippen LogP contribution is -2.21.